The van der Waals surface area contributed by atoms with Crippen molar-refractivity contribution < 1.29 is 66.5 Å². The minimum Gasteiger partial charge on any atom is -0.458 e. The third-order valence-electron chi connectivity index (χ3n) is 18.4. The number of halogens is 2. The predicted molar refractivity (Wildman–Crippen MR) is 175 cm³/mol. The van der Waals surface area contributed by atoms with Crippen LogP contribution in [0.3, 0.4) is 0 Å². The van der Waals surface area contributed by atoms with Crippen LogP contribution >= 0.6 is 0 Å². The molecule has 6 saturated heterocycles. The molecule has 292 valence electrons. The molecule has 8 heterocycles. The second-order valence-electron chi connectivity index (χ2n) is 19.6. The molecule has 14 rings (SSSR count). The van der Waals surface area contributed by atoms with Crippen molar-refractivity contribution in [2.24, 2.45) is 34.5 Å². The second kappa shape index (κ2) is 9.14. The van der Waals surface area contributed by atoms with Crippen molar-refractivity contribution in [3.05, 3.63) is 22.3 Å². The van der Waals surface area contributed by atoms with E-state index in [1.807, 2.05) is 6.92 Å². The summed E-state index contributed by atoms with van der Waals surface area (Å²) in [6, 6.07) is 0. The summed E-state index contributed by atoms with van der Waals surface area (Å²) < 4.78 is 77.3. The zero-order valence-corrected chi connectivity index (χ0v) is 30.7. The average molecular weight is 757 g/mol. The molecule has 54 heavy (non-hydrogen) atoms. The maximum atomic E-state index is 16.0. The highest BCUT2D eigenvalue weighted by Crippen LogP contribution is 2.85. The Kier molecular flexibility index (Phi) is 5.58. The van der Waals surface area contributed by atoms with Crippen LogP contribution in [0.1, 0.15) is 66.2 Å². The highest BCUT2D eigenvalue weighted by atomic mass is 19.1. The standard InChI is InChI=1S/C20H22F2O5.C20H24O7/c1-8(6-21)18-13(26-18)14-20(27-14)17(2)4-3-9-10(7-24-15(9)23)11(17)5-12-19(20,25-12)16(18)22;1-8(6-21)18-13(26-18)14-20(27-14)17(2)4-3-9-10(7-24-15(9)22)11(17)5-12-19(20,25-12)16(18)23/h8,11-14,16H,3-7H2,1-2H3;8,11-14,16,21,23H,3-7H2,1-2H3/t8?,11-,12-,13-,14-,16-,17-,18-,19+,20+;8?,11-,12-,13-,14-,16+,17-,18-,19+,20+/m00/s1. The molecular formula is C40H46F2O12. The van der Waals surface area contributed by atoms with Crippen LogP contribution in [0.5, 0.6) is 0 Å². The van der Waals surface area contributed by atoms with Gasteiger partial charge < -0.3 is 48.1 Å². The molecule has 4 spiro atoms. The number of hydrogen-bond acceptors (Lipinski definition) is 12. The summed E-state index contributed by atoms with van der Waals surface area (Å²) in [5, 5.41) is 21.2. The number of aliphatic hydroxyl groups excluding tert-OH is 2. The molecule has 0 aromatic carbocycles. The van der Waals surface area contributed by atoms with Crippen molar-refractivity contribution in [3.8, 4) is 0 Å². The van der Waals surface area contributed by atoms with Crippen LogP contribution in [0.2, 0.25) is 0 Å². The van der Waals surface area contributed by atoms with Gasteiger partial charge in [-0.15, -0.1) is 0 Å². The smallest absolute Gasteiger partial charge is 0.334 e. The van der Waals surface area contributed by atoms with Crippen molar-refractivity contribution >= 4 is 11.9 Å². The van der Waals surface area contributed by atoms with Crippen LogP contribution in [0.4, 0.5) is 8.78 Å². The topological polar surface area (TPSA) is 168 Å². The molecule has 12 nitrogen and oxygen atoms in total. The maximum absolute atomic E-state index is 16.0. The molecule has 8 aliphatic heterocycles. The molecule has 2 unspecified atom stereocenters. The summed E-state index contributed by atoms with van der Waals surface area (Å²) in [7, 11) is 0. The zero-order valence-electron chi connectivity index (χ0n) is 30.7. The Morgan fingerprint density at radius 1 is 0.722 bits per heavy atom. The van der Waals surface area contributed by atoms with E-state index >= 15 is 4.39 Å². The van der Waals surface area contributed by atoms with Crippen molar-refractivity contribution in [3.63, 3.8) is 0 Å². The van der Waals surface area contributed by atoms with Crippen LogP contribution in [-0.4, -0.2) is 131 Å². The summed E-state index contributed by atoms with van der Waals surface area (Å²) in [4.78, 5) is 24.1. The van der Waals surface area contributed by atoms with Crippen LogP contribution in [0.25, 0.3) is 0 Å². The predicted octanol–water partition coefficient (Wildman–Crippen LogP) is 2.11. The van der Waals surface area contributed by atoms with Gasteiger partial charge in [0.2, 0.25) is 0 Å². The highest BCUT2D eigenvalue weighted by molar-refractivity contribution is 5.93. The first kappa shape index (κ1) is 33.0. The van der Waals surface area contributed by atoms with E-state index in [2.05, 4.69) is 13.8 Å². The van der Waals surface area contributed by atoms with Gasteiger partial charge in [0.15, 0.2) is 17.4 Å². The number of fused-ring (bicyclic) bond motifs is 8. The lowest BCUT2D eigenvalue weighted by Gasteiger charge is -2.53. The molecule has 2 N–H and O–H groups in total. The van der Waals surface area contributed by atoms with Crippen molar-refractivity contribution in [1.82, 2.24) is 0 Å². The Bertz CT molecular complexity index is 1820. The van der Waals surface area contributed by atoms with Gasteiger partial charge in [-0.2, -0.15) is 0 Å². The number of esters is 2. The molecule has 0 aromatic rings. The van der Waals surface area contributed by atoms with Crippen LogP contribution < -0.4 is 0 Å². The van der Waals surface area contributed by atoms with Gasteiger partial charge in [0.25, 0.3) is 0 Å². The SMILES string of the molecule is CC(CF)[C@]12O[C@H]1[C@@H]1O[C@]13[C@]1(O[C@H]1C[C@H]1C4=C(CC[C@@]13C)C(=O)OC4)[C@H]2F.CC(CO)[C@]12O[C@H]1[C@@H]1O[C@]13[C@]1(O[C@H]1C[C@H]1C4=C(CC[C@@]13C)C(=O)OC4)[C@@H]2O. The molecule has 6 aliphatic carbocycles. The lowest BCUT2D eigenvalue weighted by molar-refractivity contribution is -0.137. The highest BCUT2D eigenvalue weighted by Gasteiger charge is 3.02. The van der Waals surface area contributed by atoms with E-state index in [0.29, 0.717) is 32.5 Å². The van der Waals surface area contributed by atoms with E-state index in [-0.39, 0.29) is 77.6 Å². The van der Waals surface area contributed by atoms with Crippen molar-refractivity contribution in [2.45, 2.75) is 149 Å². The van der Waals surface area contributed by atoms with E-state index < -0.39 is 64.6 Å². The molecule has 0 amide bonds. The number of alkyl halides is 2. The summed E-state index contributed by atoms with van der Waals surface area (Å²) in [5.74, 6) is -0.810. The first-order chi connectivity index (χ1) is 25.8. The van der Waals surface area contributed by atoms with Crippen LogP contribution in [0.15, 0.2) is 22.3 Å². The van der Waals surface area contributed by atoms with Crippen molar-refractivity contribution in [2.75, 3.05) is 26.5 Å². The summed E-state index contributed by atoms with van der Waals surface area (Å²) in [6.45, 7) is 8.07. The zero-order chi connectivity index (χ0) is 37.1. The van der Waals surface area contributed by atoms with Gasteiger partial charge >= 0.3 is 11.9 Å². The third-order valence-corrected chi connectivity index (χ3v) is 18.4. The van der Waals surface area contributed by atoms with Crippen molar-refractivity contribution in [1.29, 1.82) is 0 Å². The number of cyclic esters (lactones) is 2. The van der Waals surface area contributed by atoms with E-state index in [0.717, 1.165) is 41.6 Å². The minimum absolute atomic E-state index is 0.0381. The van der Waals surface area contributed by atoms with Gasteiger partial charge in [-0.25, -0.2) is 14.0 Å². The summed E-state index contributed by atoms with van der Waals surface area (Å²) in [5.41, 5.74) is -1.69. The molecule has 10 fully saturated rings. The number of hydrogen-bond donors (Lipinski definition) is 2. The fourth-order valence-electron chi connectivity index (χ4n) is 15.4. The van der Waals surface area contributed by atoms with Crippen LogP contribution in [-0.2, 0) is 47.5 Å². The van der Waals surface area contributed by atoms with Gasteiger partial charge in [-0.3, -0.25) is 4.39 Å². The molecule has 20 atom stereocenters. The lowest BCUT2D eigenvalue weighted by atomic mass is 9.46. The Labute approximate surface area is 310 Å². The Morgan fingerprint density at radius 3 is 1.78 bits per heavy atom. The number of aliphatic hydroxyl groups is 2. The second-order valence-corrected chi connectivity index (χ2v) is 19.6. The average Bonchev–Trinajstić information content (AvgIpc) is 3.94. The number of rotatable bonds is 4. The normalized spacial score (nSPS) is 62.2. The third kappa shape index (κ3) is 2.94. The fraction of sp³-hybridized carbons (Fsp3) is 0.850. The van der Waals surface area contributed by atoms with Gasteiger partial charge in [0.1, 0.15) is 66.1 Å². The van der Waals surface area contributed by atoms with E-state index in [1.165, 1.54) is 0 Å². The van der Waals surface area contributed by atoms with E-state index in [4.69, 9.17) is 37.9 Å². The number of carbonyl (C=O) groups excluding carboxylic acids is 2. The Morgan fingerprint density at radius 2 is 1.22 bits per heavy atom. The van der Waals surface area contributed by atoms with Gasteiger partial charge in [0.05, 0.1) is 18.9 Å². The van der Waals surface area contributed by atoms with E-state index in [1.54, 1.807) is 6.92 Å². The number of ether oxygens (including phenoxy) is 8. The van der Waals surface area contributed by atoms with E-state index in [9.17, 15) is 24.2 Å². The van der Waals surface area contributed by atoms with Gasteiger partial charge in [-0.05, 0) is 61.5 Å². The Balaban J connectivity index is 0.000000115. The van der Waals surface area contributed by atoms with Gasteiger partial charge in [-0.1, -0.05) is 27.7 Å². The largest absolute Gasteiger partial charge is 0.458 e. The molecule has 4 saturated carbocycles. The fourth-order valence-corrected chi connectivity index (χ4v) is 15.4. The summed E-state index contributed by atoms with van der Waals surface area (Å²) >= 11 is 0. The first-order valence-electron chi connectivity index (χ1n) is 20.1. The molecule has 0 radical (unpaired) electrons. The lowest BCUT2D eigenvalue weighted by Crippen LogP contribution is -2.69. The molecular weight excluding hydrogens is 710 g/mol. The quantitative estimate of drug-likeness (QED) is 0.317. The van der Waals surface area contributed by atoms with Crippen LogP contribution in [0, 0.1) is 34.5 Å². The first-order valence-corrected chi connectivity index (χ1v) is 20.1. The molecule has 14 aliphatic rings. The Hall–Kier alpha value is -2.04. The number of carbonyl (C=O) groups is 2. The molecule has 14 heteroatoms. The summed E-state index contributed by atoms with van der Waals surface area (Å²) in [6.07, 6.45) is 0.779. The minimum atomic E-state index is -1.39. The molecule has 0 aromatic heterocycles. The maximum Gasteiger partial charge on any atom is 0.334 e. The monoisotopic (exact) mass is 756 g/mol. The van der Waals surface area contributed by atoms with Gasteiger partial charge in [0, 0.05) is 40.4 Å². The number of epoxide rings is 6. The molecule has 0 bridgehead atoms.